The second kappa shape index (κ2) is 2.61. The monoisotopic (exact) mass is 143 g/mol. The summed E-state index contributed by atoms with van der Waals surface area (Å²) >= 11 is 0. The fourth-order valence-corrected chi connectivity index (χ4v) is 0.531. The van der Waals surface area contributed by atoms with Crippen LogP contribution in [0.4, 0.5) is 5.88 Å². The van der Waals surface area contributed by atoms with Crippen LogP contribution in [0, 0.1) is 5.21 Å². The Morgan fingerprint density at radius 3 is 2.70 bits per heavy atom. The van der Waals surface area contributed by atoms with E-state index in [9.17, 15) is 10.0 Å². The van der Waals surface area contributed by atoms with Gasteiger partial charge >= 0.3 is 5.88 Å². The summed E-state index contributed by atoms with van der Waals surface area (Å²) in [6, 6.07) is 2.53. The van der Waals surface area contributed by atoms with E-state index in [-0.39, 0.29) is 11.6 Å². The lowest BCUT2D eigenvalue weighted by atomic mass is 10.5. The zero-order valence-corrected chi connectivity index (χ0v) is 4.90. The minimum absolute atomic E-state index is 0.0254. The van der Waals surface area contributed by atoms with Gasteiger partial charge in [0.2, 0.25) is 0 Å². The molecule has 0 aliphatic heterocycles. The highest BCUT2D eigenvalue weighted by Crippen LogP contribution is 2.05. The topological polar surface area (TPSA) is 77.9 Å². The fourth-order valence-electron chi connectivity index (χ4n) is 0.531. The summed E-state index contributed by atoms with van der Waals surface area (Å²) in [6.07, 6.45) is 0.451. The molecule has 5 nitrogen and oxygen atoms in total. The van der Waals surface area contributed by atoms with E-state index in [1.165, 1.54) is 12.1 Å². The number of carbonyl (C=O) groups is 1. The highest BCUT2D eigenvalue weighted by molar-refractivity contribution is 5.70. The summed E-state index contributed by atoms with van der Waals surface area (Å²) in [6.45, 7) is 0. The van der Waals surface area contributed by atoms with Crippen molar-refractivity contribution < 1.29 is 19.6 Å². The van der Waals surface area contributed by atoms with Crippen LogP contribution in [0.3, 0.4) is 0 Å². The molecule has 0 bridgehead atoms. The number of rotatable bonds is 2. The molecule has 0 amide bonds. The molecule has 10 heavy (non-hydrogen) atoms. The molecule has 1 unspecified atom stereocenters. The van der Waals surface area contributed by atoms with Gasteiger partial charge in [-0.25, -0.2) is 5.21 Å². The van der Waals surface area contributed by atoms with E-state index in [2.05, 4.69) is 4.42 Å². The van der Waals surface area contributed by atoms with Crippen molar-refractivity contribution in [1.82, 2.24) is 0 Å². The maximum atomic E-state index is 10.1. The van der Waals surface area contributed by atoms with E-state index in [0.29, 0.717) is 6.29 Å². The number of hydrogen-bond acceptors (Lipinski definition) is 4. The van der Waals surface area contributed by atoms with Crippen LogP contribution >= 0.6 is 0 Å². The average Bonchev–Trinajstić information content (AvgIpc) is 2.34. The molecule has 0 aromatic carbocycles. The van der Waals surface area contributed by atoms with Gasteiger partial charge in [0.1, 0.15) is 0 Å². The van der Waals surface area contributed by atoms with Crippen molar-refractivity contribution in [3.63, 3.8) is 0 Å². The van der Waals surface area contributed by atoms with Crippen LogP contribution in [0.5, 0.6) is 0 Å². The Bertz CT molecular complexity index is 229. The van der Waals surface area contributed by atoms with Crippen LogP contribution in [0.2, 0.25) is 0 Å². The van der Waals surface area contributed by atoms with Gasteiger partial charge in [-0.2, -0.15) is 5.23 Å². The second-order valence-electron chi connectivity index (χ2n) is 1.63. The maximum Gasteiger partial charge on any atom is 0.328 e. The Hall–Kier alpha value is -1.17. The van der Waals surface area contributed by atoms with Crippen LogP contribution in [0.15, 0.2) is 16.5 Å². The zero-order valence-electron chi connectivity index (χ0n) is 4.90. The lowest BCUT2D eigenvalue weighted by molar-refractivity contribution is -0.997. The molecule has 0 saturated carbocycles. The van der Waals surface area contributed by atoms with Crippen LogP contribution in [-0.2, 0) is 0 Å². The first-order valence-electron chi connectivity index (χ1n) is 2.52. The zero-order chi connectivity index (χ0) is 7.56. The lowest BCUT2D eigenvalue weighted by Gasteiger charge is -2.05. The van der Waals surface area contributed by atoms with Crippen molar-refractivity contribution in [2.75, 3.05) is 0 Å². The maximum absolute atomic E-state index is 10.1. The van der Waals surface area contributed by atoms with Gasteiger partial charge in [0, 0.05) is 6.07 Å². The molecular weight excluding hydrogens is 138 g/mol. The molecule has 5 heteroatoms. The van der Waals surface area contributed by atoms with E-state index in [1.807, 2.05) is 0 Å². The van der Waals surface area contributed by atoms with Crippen molar-refractivity contribution in [3.8, 4) is 0 Å². The normalized spacial score (nSPS) is 13.0. The van der Waals surface area contributed by atoms with Gasteiger partial charge < -0.3 is 9.62 Å². The van der Waals surface area contributed by atoms with Gasteiger partial charge in [-0.15, -0.1) is 0 Å². The van der Waals surface area contributed by atoms with E-state index in [1.54, 1.807) is 0 Å². The first-order valence-corrected chi connectivity index (χ1v) is 2.52. The molecule has 1 rings (SSSR count). The van der Waals surface area contributed by atoms with E-state index < -0.39 is 5.23 Å². The van der Waals surface area contributed by atoms with E-state index in [0.717, 1.165) is 0 Å². The predicted octanol–water partition coefficient (Wildman–Crippen LogP) is -0.505. The Kier molecular flexibility index (Phi) is 1.81. The Balaban J connectivity index is 2.88. The van der Waals surface area contributed by atoms with Gasteiger partial charge in [0.15, 0.2) is 12.0 Å². The molecule has 1 aromatic heterocycles. The number of aldehydes is 1. The quantitative estimate of drug-likeness (QED) is 0.432. The molecule has 0 saturated heterocycles. The third kappa shape index (κ3) is 1.21. The third-order valence-corrected chi connectivity index (χ3v) is 0.954. The van der Waals surface area contributed by atoms with E-state index >= 15 is 0 Å². The summed E-state index contributed by atoms with van der Waals surface area (Å²) in [5, 5.41) is 17.2. The third-order valence-electron chi connectivity index (χ3n) is 0.954. The first-order chi connectivity index (χ1) is 4.74. The van der Waals surface area contributed by atoms with E-state index in [4.69, 9.17) is 5.21 Å². The van der Waals surface area contributed by atoms with Gasteiger partial charge in [0.05, 0.1) is 0 Å². The summed E-state index contributed by atoms with van der Waals surface area (Å²) in [7, 11) is 0. The van der Waals surface area contributed by atoms with Crippen molar-refractivity contribution >= 4 is 12.2 Å². The molecule has 54 valence electrons. The highest BCUT2D eigenvalue weighted by atomic mass is 16.8. The number of hydrogen-bond donors (Lipinski definition) is 2. The van der Waals surface area contributed by atoms with Gasteiger partial charge in [-0.1, -0.05) is 0 Å². The summed E-state index contributed by atoms with van der Waals surface area (Å²) in [5.41, 5.74) is 0. The van der Waals surface area contributed by atoms with Crippen molar-refractivity contribution in [3.05, 3.63) is 23.1 Å². The largest absolute Gasteiger partial charge is 0.592 e. The van der Waals surface area contributed by atoms with Crippen LogP contribution in [0.25, 0.3) is 0 Å². The average molecular weight is 143 g/mol. The molecule has 0 fully saturated rings. The first kappa shape index (κ1) is 6.94. The summed E-state index contributed by atoms with van der Waals surface area (Å²) in [5.74, 6) is -0.195. The molecule has 0 radical (unpaired) electrons. The van der Waals surface area contributed by atoms with Crippen molar-refractivity contribution in [2.24, 2.45) is 0 Å². The smallest absolute Gasteiger partial charge is 0.328 e. The van der Waals surface area contributed by atoms with Crippen LogP contribution in [0.1, 0.15) is 10.6 Å². The van der Waals surface area contributed by atoms with Crippen molar-refractivity contribution in [2.45, 2.75) is 0 Å². The van der Waals surface area contributed by atoms with Gasteiger partial charge in [-0.3, -0.25) is 4.79 Å². The van der Waals surface area contributed by atoms with Gasteiger partial charge in [-0.05, 0) is 6.07 Å². The number of furan rings is 1. The summed E-state index contributed by atoms with van der Waals surface area (Å²) < 4.78 is 4.53. The Labute approximate surface area is 56.0 Å². The molecule has 1 atom stereocenters. The molecule has 0 aliphatic rings. The SMILES string of the molecule is O=Cc1ccc([NH+]([O-])O)o1. The number of quaternary nitrogens is 1. The summed E-state index contributed by atoms with van der Waals surface area (Å²) in [4.78, 5) is 9.96. The number of carbonyl (C=O) groups excluding carboxylic acids is 1. The Morgan fingerprint density at radius 2 is 2.40 bits per heavy atom. The minimum atomic E-state index is -1.17. The fraction of sp³-hybridized carbons (Fsp3) is 0. The molecule has 0 spiro atoms. The lowest BCUT2D eigenvalue weighted by Crippen LogP contribution is -2.99. The second-order valence-corrected chi connectivity index (χ2v) is 1.63. The van der Waals surface area contributed by atoms with Crippen LogP contribution in [-0.4, -0.2) is 11.5 Å². The van der Waals surface area contributed by atoms with Crippen LogP contribution < -0.4 is 5.23 Å². The molecule has 0 aliphatic carbocycles. The van der Waals surface area contributed by atoms with Gasteiger partial charge in [0.25, 0.3) is 0 Å². The van der Waals surface area contributed by atoms with Crippen molar-refractivity contribution in [1.29, 1.82) is 0 Å². The Morgan fingerprint density at radius 1 is 1.70 bits per heavy atom. The molecule has 2 N–H and O–H groups in total. The standard InChI is InChI=1S/C5H5NO4/c7-3-4-1-2-5(10-4)6(8)9/h1-3,6,8H. The molecule has 1 aromatic rings. The molecular formula is C5H5NO4. The molecule has 1 heterocycles. The number of nitrogens with one attached hydrogen (secondary N) is 1. The predicted molar refractivity (Wildman–Crippen MR) is 29.9 cm³/mol. The highest BCUT2D eigenvalue weighted by Gasteiger charge is 2.04. The minimum Gasteiger partial charge on any atom is -0.592 e.